The van der Waals surface area contributed by atoms with Gasteiger partial charge in [-0.05, 0) is 24.3 Å². The molecule has 1 aromatic carbocycles. The van der Waals surface area contributed by atoms with Crippen molar-refractivity contribution in [3.63, 3.8) is 0 Å². The molecule has 1 aliphatic heterocycles. The summed E-state index contributed by atoms with van der Waals surface area (Å²) in [6, 6.07) is 6.84. The van der Waals surface area contributed by atoms with Gasteiger partial charge >= 0.3 is 0 Å². The first-order valence-corrected chi connectivity index (χ1v) is 5.12. The number of fused-ring (bicyclic) bond motifs is 1. The number of rotatable bonds is 1. The smallest absolute Gasteiger partial charge is 0.132 e. The van der Waals surface area contributed by atoms with Gasteiger partial charge < -0.3 is 16.2 Å². The summed E-state index contributed by atoms with van der Waals surface area (Å²) in [5, 5.41) is 16.9. The van der Waals surface area contributed by atoms with Crippen LogP contribution in [0.3, 0.4) is 0 Å². The van der Waals surface area contributed by atoms with Gasteiger partial charge in [-0.1, -0.05) is 0 Å². The maximum Gasteiger partial charge on any atom is 0.132 e. The van der Waals surface area contributed by atoms with Gasteiger partial charge in [-0.2, -0.15) is 5.10 Å². The Morgan fingerprint density at radius 3 is 2.69 bits per heavy atom. The zero-order chi connectivity index (χ0) is 11.1. The largest absolute Gasteiger partial charge is 0.508 e. The van der Waals surface area contributed by atoms with E-state index in [9.17, 15) is 5.11 Å². The van der Waals surface area contributed by atoms with Gasteiger partial charge in [0.05, 0.1) is 11.4 Å². The van der Waals surface area contributed by atoms with Gasteiger partial charge in [-0.15, -0.1) is 0 Å². The molecular weight excluding hydrogens is 204 g/mol. The van der Waals surface area contributed by atoms with Crippen LogP contribution >= 0.6 is 0 Å². The second-order valence-corrected chi connectivity index (χ2v) is 3.84. The number of nitrogens with two attached hydrogens (primary N) is 1. The van der Waals surface area contributed by atoms with E-state index in [2.05, 4.69) is 10.4 Å². The number of phenolic OH excluding ortho intramolecular Hbond substituents is 1. The molecule has 3 rings (SSSR count). The molecular formula is C11H12N4O. The molecule has 0 bridgehead atoms. The second-order valence-electron chi connectivity index (χ2n) is 3.84. The molecule has 0 atom stereocenters. The van der Waals surface area contributed by atoms with Gasteiger partial charge in [-0.25, -0.2) is 4.68 Å². The van der Waals surface area contributed by atoms with Crippen molar-refractivity contribution < 1.29 is 5.11 Å². The van der Waals surface area contributed by atoms with Crippen molar-refractivity contribution in [3.8, 4) is 11.4 Å². The van der Waals surface area contributed by atoms with Crippen LogP contribution in [0.4, 0.5) is 5.82 Å². The SMILES string of the molecule is Nc1c2c(nn1-c1ccc(O)cc1)CNC2. The van der Waals surface area contributed by atoms with Crippen LogP contribution < -0.4 is 11.1 Å². The third kappa shape index (κ3) is 1.25. The van der Waals surface area contributed by atoms with Crippen LogP contribution in [0.1, 0.15) is 11.3 Å². The number of nitrogen functional groups attached to an aromatic ring is 1. The maximum atomic E-state index is 9.22. The van der Waals surface area contributed by atoms with Crippen LogP contribution in [0.25, 0.3) is 5.69 Å². The number of aromatic nitrogens is 2. The Balaban J connectivity index is 2.10. The van der Waals surface area contributed by atoms with Crippen molar-refractivity contribution in [2.45, 2.75) is 13.1 Å². The summed E-state index contributed by atoms with van der Waals surface area (Å²) in [5.74, 6) is 0.911. The second kappa shape index (κ2) is 3.24. The van der Waals surface area contributed by atoms with Crippen LogP contribution in [0.15, 0.2) is 24.3 Å². The summed E-state index contributed by atoms with van der Waals surface area (Å²) < 4.78 is 1.71. The Morgan fingerprint density at radius 2 is 2.00 bits per heavy atom. The summed E-state index contributed by atoms with van der Waals surface area (Å²) in [4.78, 5) is 0. The van der Waals surface area contributed by atoms with Crippen LogP contribution in [-0.2, 0) is 13.1 Å². The fraction of sp³-hybridized carbons (Fsp3) is 0.182. The Morgan fingerprint density at radius 1 is 1.25 bits per heavy atom. The standard InChI is InChI=1S/C11H12N4O/c12-11-9-5-13-6-10(9)14-15(11)7-1-3-8(16)4-2-7/h1-4,13,16H,5-6,12H2. The van der Waals surface area contributed by atoms with Gasteiger partial charge in [0.2, 0.25) is 0 Å². The molecule has 0 fully saturated rings. The summed E-state index contributed by atoms with van der Waals surface area (Å²) in [5.41, 5.74) is 8.97. The van der Waals surface area contributed by atoms with Crippen molar-refractivity contribution >= 4 is 5.82 Å². The molecule has 0 amide bonds. The van der Waals surface area contributed by atoms with E-state index >= 15 is 0 Å². The Kier molecular flexibility index (Phi) is 1.87. The lowest BCUT2D eigenvalue weighted by atomic mass is 10.2. The third-order valence-electron chi connectivity index (χ3n) is 2.79. The molecule has 0 saturated heterocycles. The molecule has 4 N–H and O–H groups in total. The van der Waals surface area contributed by atoms with Crippen molar-refractivity contribution in [1.82, 2.24) is 15.1 Å². The highest BCUT2D eigenvalue weighted by atomic mass is 16.3. The van der Waals surface area contributed by atoms with Gasteiger partial charge in [-0.3, -0.25) is 0 Å². The van der Waals surface area contributed by atoms with E-state index in [-0.39, 0.29) is 5.75 Å². The summed E-state index contributed by atoms with van der Waals surface area (Å²) in [7, 11) is 0. The first-order valence-electron chi connectivity index (χ1n) is 5.12. The Hall–Kier alpha value is -2.01. The van der Waals surface area contributed by atoms with E-state index in [1.54, 1.807) is 28.9 Å². The lowest BCUT2D eigenvalue weighted by molar-refractivity contribution is 0.475. The minimum atomic E-state index is 0.240. The topological polar surface area (TPSA) is 76.1 Å². The van der Waals surface area contributed by atoms with Crippen LogP contribution in [0.2, 0.25) is 0 Å². The molecule has 0 unspecified atom stereocenters. The first kappa shape index (κ1) is 9.23. The average Bonchev–Trinajstić information content (AvgIpc) is 2.84. The molecule has 5 heteroatoms. The predicted octanol–water partition coefficient (Wildman–Crippen LogP) is 0.763. The molecule has 1 aliphatic rings. The van der Waals surface area contributed by atoms with Gasteiger partial charge in [0, 0.05) is 18.7 Å². The molecule has 82 valence electrons. The average molecular weight is 216 g/mol. The number of benzene rings is 1. The molecule has 0 saturated carbocycles. The lowest BCUT2D eigenvalue weighted by Crippen LogP contribution is -2.08. The number of anilines is 1. The maximum absolute atomic E-state index is 9.22. The minimum Gasteiger partial charge on any atom is -0.508 e. The predicted molar refractivity (Wildman–Crippen MR) is 60.2 cm³/mol. The monoisotopic (exact) mass is 216 g/mol. The molecule has 0 radical (unpaired) electrons. The van der Waals surface area contributed by atoms with Crippen LogP contribution in [-0.4, -0.2) is 14.9 Å². The molecule has 2 aromatic rings. The molecule has 5 nitrogen and oxygen atoms in total. The van der Waals surface area contributed by atoms with Gasteiger partial charge in [0.1, 0.15) is 11.6 Å². The van der Waals surface area contributed by atoms with Crippen LogP contribution in [0.5, 0.6) is 5.75 Å². The van der Waals surface area contributed by atoms with E-state index in [0.717, 1.165) is 30.0 Å². The van der Waals surface area contributed by atoms with E-state index in [4.69, 9.17) is 5.73 Å². The molecule has 0 spiro atoms. The van der Waals surface area contributed by atoms with Crippen LogP contribution in [0, 0.1) is 0 Å². The summed E-state index contributed by atoms with van der Waals surface area (Å²) in [6.45, 7) is 1.55. The number of nitrogens with zero attached hydrogens (tertiary/aromatic N) is 2. The molecule has 1 aromatic heterocycles. The number of hydrogen-bond acceptors (Lipinski definition) is 4. The normalized spacial score (nSPS) is 14.0. The summed E-state index contributed by atoms with van der Waals surface area (Å²) in [6.07, 6.45) is 0. The van der Waals surface area contributed by atoms with Crippen molar-refractivity contribution in [2.24, 2.45) is 0 Å². The van der Waals surface area contributed by atoms with Crippen molar-refractivity contribution in [2.75, 3.05) is 5.73 Å². The first-order chi connectivity index (χ1) is 7.75. The fourth-order valence-corrected chi connectivity index (χ4v) is 1.94. The number of nitrogens with one attached hydrogen (secondary N) is 1. The Bertz CT molecular complexity index is 530. The Labute approximate surface area is 92.5 Å². The van der Waals surface area contributed by atoms with Crippen molar-refractivity contribution in [1.29, 1.82) is 0 Å². The molecule has 16 heavy (non-hydrogen) atoms. The van der Waals surface area contributed by atoms with E-state index in [1.165, 1.54) is 0 Å². The number of phenols is 1. The highest BCUT2D eigenvalue weighted by Gasteiger charge is 2.20. The van der Waals surface area contributed by atoms with Gasteiger partial charge in [0.15, 0.2) is 0 Å². The van der Waals surface area contributed by atoms with E-state index in [1.807, 2.05) is 0 Å². The fourth-order valence-electron chi connectivity index (χ4n) is 1.94. The zero-order valence-electron chi connectivity index (χ0n) is 8.64. The zero-order valence-corrected chi connectivity index (χ0v) is 8.64. The highest BCUT2D eigenvalue weighted by Crippen LogP contribution is 2.25. The molecule has 0 aliphatic carbocycles. The minimum absolute atomic E-state index is 0.240. The molecule has 2 heterocycles. The quantitative estimate of drug-likeness (QED) is 0.658. The number of hydrogen-bond donors (Lipinski definition) is 3. The third-order valence-corrected chi connectivity index (χ3v) is 2.79. The number of aromatic hydroxyl groups is 1. The summed E-state index contributed by atoms with van der Waals surface area (Å²) >= 11 is 0. The lowest BCUT2D eigenvalue weighted by Gasteiger charge is -2.05. The van der Waals surface area contributed by atoms with Crippen molar-refractivity contribution in [3.05, 3.63) is 35.5 Å². The highest BCUT2D eigenvalue weighted by molar-refractivity contribution is 5.51. The van der Waals surface area contributed by atoms with E-state index in [0.29, 0.717) is 5.82 Å². The van der Waals surface area contributed by atoms with E-state index < -0.39 is 0 Å². The van der Waals surface area contributed by atoms with Gasteiger partial charge in [0.25, 0.3) is 0 Å².